The molecular weight excluding hydrogens is 218 g/mol. The Hall–Kier alpha value is -1.69. The van der Waals surface area contributed by atoms with E-state index in [0.717, 1.165) is 12.8 Å². The molecule has 0 spiro atoms. The molecule has 0 bridgehead atoms. The molecule has 1 aliphatic carbocycles. The second-order valence-corrected chi connectivity index (χ2v) is 4.23. The van der Waals surface area contributed by atoms with Crippen molar-refractivity contribution >= 4 is 11.7 Å². The minimum Gasteiger partial charge on any atom is -0.352 e. The van der Waals surface area contributed by atoms with E-state index in [1.165, 1.54) is 0 Å². The zero-order chi connectivity index (χ0) is 12.3. The van der Waals surface area contributed by atoms with Gasteiger partial charge in [-0.3, -0.25) is 9.78 Å². The number of carbonyl (C=O) groups excluding carboxylic acids is 1. The zero-order valence-corrected chi connectivity index (χ0v) is 9.89. The summed E-state index contributed by atoms with van der Waals surface area (Å²) in [6, 6.07) is 0.381. The standard InChI is InChI=1S/C11H17N5O/c1-16(7-10(17)15-8-2-3-8)11-9(6-12)13-4-5-14-11/h4-5,8H,2-3,6-7,12H2,1H3,(H,15,17). The van der Waals surface area contributed by atoms with Crippen molar-refractivity contribution in [2.45, 2.75) is 25.4 Å². The summed E-state index contributed by atoms with van der Waals surface area (Å²) in [5.74, 6) is 0.685. The van der Waals surface area contributed by atoms with Crippen molar-refractivity contribution in [2.24, 2.45) is 5.73 Å². The quantitative estimate of drug-likeness (QED) is 0.728. The van der Waals surface area contributed by atoms with Crippen LogP contribution in [0.15, 0.2) is 12.4 Å². The van der Waals surface area contributed by atoms with Gasteiger partial charge < -0.3 is 16.0 Å². The van der Waals surface area contributed by atoms with Crippen molar-refractivity contribution in [3.05, 3.63) is 18.1 Å². The predicted molar refractivity (Wildman–Crippen MR) is 64.4 cm³/mol. The Morgan fingerprint density at radius 3 is 2.88 bits per heavy atom. The number of nitrogens with two attached hydrogens (primary N) is 1. The lowest BCUT2D eigenvalue weighted by Crippen LogP contribution is -2.37. The fourth-order valence-corrected chi connectivity index (χ4v) is 1.61. The summed E-state index contributed by atoms with van der Waals surface area (Å²) in [5.41, 5.74) is 6.28. The van der Waals surface area contributed by atoms with Crippen LogP contribution in [0.3, 0.4) is 0 Å². The van der Waals surface area contributed by atoms with Crippen molar-refractivity contribution in [1.29, 1.82) is 0 Å². The fourth-order valence-electron chi connectivity index (χ4n) is 1.61. The highest BCUT2D eigenvalue weighted by Gasteiger charge is 2.24. The zero-order valence-electron chi connectivity index (χ0n) is 9.89. The monoisotopic (exact) mass is 235 g/mol. The maximum Gasteiger partial charge on any atom is 0.239 e. The first kappa shape index (κ1) is 11.8. The minimum absolute atomic E-state index is 0.0172. The minimum atomic E-state index is 0.0172. The molecule has 0 aliphatic heterocycles. The third-order valence-corrected chi connectivity index (χ3v) is 2.63. The van der Waals surface area contributed by atoms with Gasteiger partial charge in [-0.1, -0.05) is 0 Å². The molecule has 0 radical (unpaired) electrons. The number of nitrogens with zero attached hydrogens (tertiary/aromatic N) is 3. The summed E-state index contributed by atoms with van der Waals surface area (Å²) >= 11 is 0. The normalized spacial score (nSPS) is 14.5. The molecule has 92 valence electrons. The average Bonchev–Trinajstić information content (AvgIpc) is 3.12. The van der Waals surface area contributed by atoms with E-state index in [2.05, 4.69) is 15.3 Å². The number of nitrogens with one attached hydrogen (secondary N) is 1. The van der Waals surface area contributed by atoms with E-state index in [0.29, 0.717) is 24.1 Å². The van der Waals surface area contributed by atoms with E-state index in [9.17, 15) is 4.79 Å². The maximum atomic E-state index is 11.6. The smallest absolute Gasteiger partial charge is 0.239 e. The predicted octanol–water partition coefficient (Wildman–Crippen LogP) is -0.350. The first-order chi connectivity index (χ1) is 8.20. The van der Waals surface area contributed by atoms with Gasteiger partial charge in [-0.25, -0.2) is 4.98 Å². The molecule has 0 unspecified atom stereocenters. The molecule has 1 aromatic heterocycles. The van der Waals surface area contributed by atoms with Gasteiger partial charge in [0.2, 0.25) is 5.91 Å². The van der Waals surface area contributed by atoms with Crippen molar-refractivity contribution in [1.82, 2.24) is 15.3 Å². The molecule has 3 N–H and O–H groups in total. The molecule has 17 heavy (non-hydrogen) atoms. The number of carbonyl (C=O) groups is 1. The summed E-state index contributed by atoms with van der Waals surface area (Å²) in [5, 5.41) is 2.93. The van der Waals surface area contributed by atoms with Crippen LogP contribution < -0.4 is 16.0 Å². The molecule has 1 fully saturated rings. The molecule has 0 saturated heterocycles. The van der Waals surface area contributed by atoms with Crippen LogP contribution in [-0.4, -0.2) is 35.5 Å². The third-order valence-electron chi connectivity index (χ3n) is 2.63. The Balaban J connectivity index is 1.97. The Bertz CT molecular complexity index is 405. The van der Waals surface area contributed by atoms with Crippen molar-refractivity contribution in [3.8, 4) is 0 Å². The van der Waals surface area contributed by atoms with Gasteiger partial charge in [-0.05, 0) is 12.8 Å². The van der Waals surface area contributed by atoms with Crippen LogP contribution in [0.4, 0.5) is 5.82 Å². The van der Waals surface area contributed by atoms with Crippen LogP contribution in [0.25, 0.3) is 0 Å². The highest BCUT2D eigenvalue weighted by atomic mass is 16.2. The summed E-state index contributed by atoms with van der Waals surface area (Å²) in [6.45, 7) is 0.597. The van der Waals surface area contributed by atoms with Crippen LogP contribution >= 0.6 is 0 Å². The van der Waals surface area contributed by atoms with Gasteiger partial charge in [0.25, 0.3) is 0 Å². The van der Waals surface area contributed by atoms with Crippen LogP contribution in [0.5, 0.6) is 0 Å². The lowest BCUT2D eigenvalue weighted by molar-refractivity contribution is -0.119. The Labute approximate surface area is 100 Å². The molecule has 2 rings (SSSR count). The van der Waals surface area contributed by atoms with E-state index in [4.69, 9.17) is 5.73 Å². The molecule has 0 atom stereocenters. The Morgan fingerprint density at radius 2 is 2.24 bits per heavy atom. The Morgan fingerprint density at radius 1 is 1.53 bits per heavy atom. The number of anilines is 1. The van der Waals surface area contributed by atoms with Gasteiger partial charge >= 0.3 is 0 Å². The van der Waals surface area contributed by atoms with Gasteiger partial charge in [0.05, 0.1) is 12.2 Å². The molecule has 6 heteroatoms. The summed E-state index contributed by atoms with van der Waals surface area (Å²) < 4.78 is 0. The molecule has 1 aromatic rings. The maximum absolute atomic E-state index is 11.6. The van der Waals surface area contributed by atoms with E-state index in [1.807, 2.05) is 7.05 Å². The molecule has 1 amide bonds. The number of hydrogen-bond acceptors (Lipinski definition) is 5. The SMILES string of the molecule is CN(CC(=O)NC1CC1)c1nccnc1CN. The van der Waals surface area contributed by atoms with Crippen LogP contribution in [0, 0.1) is 0 Å². The van der Waals surface area contributed by atoms with Gasteiger partial charge in [0, 0.05) is 32.0 Å². The topological polar surface area (TPSA) is 84.1 Å². The van der Waals surface area contributed by atoms with E-state index >= 15 is 0 Å². The summed E-state index contributed by atoms with van der Waals surface area (Å²) in [7, 11) is 1.82. The van der Waals surface area contributed by atoms with E-state index in [1.54, 1.807) is 17.3 Å². The molecule has 1 saturated carbocycles. The third kappa shape index (κ3) is 3.13. The summed E-state index contributed by atoms with van der Waals surface area (Å²) in [6.07, 6.45) is 5.39. The van der Waals surface area contributed by atoms with Crippen LogP contribution in [0.2, 0.25) is 0 Å². The van der Waals surface area contributed by atoms with Gasteiger partial charge in [-0.2, -0.15) is 0 Å². The number of rotatable bonds is 5. The molecular formula is C11H17N5O. The number of aromatic nitrogens is 2. The average molecular weight is 235 g/mol. The van der Waals surface area contributed by atoms with E-state index in [-0.39, 0.29) is 12.5 Å². The fraction of sp³-hybridized carbons (Fsp3) is 0.545. The van der Waals surface area contributed by atoms with Crippen molar-refractivity contribution < 1.29 is 4.79 Å². The second-order valence-electron chi connectivity index (χ2n) is 4.23. The van der Waals surface area contributed by atoms with Crippen LogP contribution in [0.1, 0.15) is 18.5 Å². The molecule has 1 heterocycles. The number of likely N-dealkylation sites (N-methyl/N-ethyl adjacent to an activating group) is 1. The van der Waals surface area contributed by atoms with Crippen LogP contribution in [-0.2, 0) is 11.3 Å². The molecule has 6 nitrogen and oxygen atoms in total. The highest BCUT2D eigenvalue weighted by Crippen LogP contribution is 2.18. The lowest BCUT2D eigenvalue weighted by Gasteiger charge is -2.19. The van der Waals surface area contributed by atoms with Crippen molar-refractivity contribution in [2.75, 3.05) is 18.5 Å². The second kappa shape index (κ2) is 5.09. The summed E-state index contributed by atoms with van der Waals surface area (Å²) in [4.78, 5) is 21.8. The van der Waals surface area contributed by atoms with Gasteiger partial charge in [-0.15, -0.1) is 0 Å². The molecule has 0 aromatic carbocycles. The van der Waals surface area contributed by atoms with Gasteiger partial charge in [0.15, 0.2) is 5.82 Å². The lowest BCUT2D eigenvalue weighted by atomic mass is 10.3. The first-order valence-electron chi connectivity index (χ1n) is 5.71. The first-order valence-corrected chi connectivity index (χ1v) is 5.71. The number of amides is 1. The highest BCUT2D eigenvalue weighted by molar-refractivity contribution is 5.81. The molecule has 1 aliphatic rings. The van der Waals surface area contributed by atoms with Gasteiger partial charge in [0.1, 0.15) is 0 Å². The Kier molecular flexibility index (Phi) is 3.53. The number of hydrogen-bond donors (Lipinski definition) is 2. The van der Waals surface area contributed by atoms with Crippen molar-refractivity contribution in [3.63, 3.8) is 0 Å². The largest absolute Gasteiger partial charge is 0.352 e. The van der Waals surface area contributed by atoms with E-state index < -0.39 is 0 Å².